The van der Waals surface area contributed by atoms with Gasteiger partial charge in [-0.25, -0.2) is 4.39 Å². The molecule has 3 aliphatic carbocycles. The van der Waals surface area contributed by atoms with Crippen molar-refractivity contribution in [3.05, 3.63) is 11.8 Å². The smallest absolute Gasteiger partial charge is 0.259 e. The van der Waals surface area contributed by atoms with E-state index in [-0.39, 0.29) is 54.0 Å². The average molecular weight is 575 g/mol. The van der Waals surface area contributed by atoms with Gasteiger partial charge in [0.1, 0.15) is 6.17 Å². The minimum Gasteiger partial charge on any atom is -0.378 e. The molecular formula is C32H51FN4O4. The van der Waals surface area contributed by atoms with E-state index in [1.165, 1.54) is 25.7 Å². The van der Waals surface area contributed by atoms with E-state index in [1.54, 1.807) is 4.90 Å². The molecule has 3 heterocycles. The molecule has 8 nitrogen and oxygen atoms in total. The van der Waals surface area contributed by atoms with E-state index >= 15 is 4.39 Å². The number of nitrogens with zero attached hydrogens (tertiary/aromatic N) is 4. The molecule has 9 heteroatoms. The van der Waals surface area contributed by atoms with Crippen molar-refractivity contribution in [2.75, 3.05) is 59.0 Å². The number of amides is 1. The second-order valence-corrected chi connectivity index (χ2v) is 13.2. The Hall–Kier alpha value is -1.55. The first-order chi connectivity index (χ1) is 20.0. The molecule has 6 aliphatic rings. The van der Waals surface area contributed by atoms with Gasteiger partial charge in [0, 0.05) is 38.3 Å². The van der Waals surface area contributed by atoms with E-state index in [2.05, 4.69) is 35.5 Å². The van der Waals surface area contributed by atoms with Crippen molar-refractivity contribution in [3.63, 3.8) is 0 Å². The van der Waals surface area contributed by atoms with Gasteiger partial charge in [-0.15, -0.1) is 0 Å². The molecule has 0 bridgehead atoms. The number of alkyl halides is 1. The molecule has 1 amide bonds. The molecule has 0 aromatic carbocycles. The first-order valence-corrected chi connectivity index (χ1v) is 16.6. The van der Waals surface area contributed by atoms with Gasteiger partial charge in [-0.2, -0.15) is 0 Å². The normalized spacial score (nSPS) is 38.8. The molecule has 0 radical (unpaired) electrons. The van der Waals surface area contributed by atoms with E-state index in [4.69, 9.17) is 9.47 Å². The standard InChI is InChI=1S/C32H51FN4O4/c1-4-34(5-2)13-14-35(6-3)29-25(33)19-23-28-31(29)41-26-12-11-21-9-7-8-10-22(21)27(26)37(28)20-24(30(23)38)32(39)36-15-17-40-18-16-36/h20-23,25-29,31H,4-19H2,1-3H3. The Morgan fingerprint density at radius 2 is 1.76 bits per heavy atom. The molecule has 2 saturated heterocycles. The summed E-state index contributed by atoms with van der Waals surface area (Å²) in [7, 11) is 0. The first-order valence-electron chi connectivity index (χ1n) is 16.6. The lowest BCUT2D eigenvalue weighted by Crippen LogP contribution is -2.74. The van der Waals surface area contributed by atoms with Crippen molar-refractivity contribution in [2.24, 2.45) is 17.8 Å². The number of ketones is 1. The molecule has 230 valence electrons. The summed E-state index contributed by atoms with van der Waals surface area (Å²) in [5.74, 6) is 0.224. The lowest BCUT2D eigenvalue weighted by Gasteiger charge is -2.63. The summed E-state index contributed by atoms with van der Waals surface area (Å²) >= 11 is 0. The van der Waals surface area contributed by atoms with Gasteiger partial charge in [-0.3, -0.25) is 14.5 Å². The Bertz CT molecular complexity index is 985. The molecule has 6 rings (SSSR count). The third kappa shape index (κ3) is 5.38. The highest BCUT2D eigenvalue weighted by atomic mass is 19.1. The molecule has 41 heavy (non-hydrogen) atoms. The second kappa shape index (κ2) is 12.6. The van der Waals surface area contributed by atoms with Crippen molar-refractivity contribution in [2.45, 2.75) is 102 Å². The predicted molar refractivity (Wildman–Crippen MR) is 155 cm³/mol. The summed E-state index contributed by atoms with van der Waals surface area (Å²) in [5.41, 5.74) is 0.255. The lowest BCUT2D eigenvalue weighted by molar-refractivity contribution is -0.227. The zero-order valence-electron chi connectivity index (χ0n) is 25.4. The van der Waals surface area contributed by atoms with Crippen LogP contribution in [0.3, 0.4) is 0 Å². The first kappa shape index (κ1) is 29.5. The van der Waals surface area contributed by atoms with Crippen molar-refractivity contribution in [3.8, 4) is 0 Å². The highest BCUT2D eigenvalue weighted by Gasteiger charge is 2.61. The highest BCUT2D eigenvalue weighted by Crippen LogP contribution is 2.51. The van der Waals surface area contributed by atoms with E-state index in [9.17, 15) is 9.59 Å². The van der Waals surface area contributed by atoms with Crippen LogP contribution < -0.4 is 0 Å². The van der Waals surface area contributed by atoms with Crippen LogP contribution in [0.25, 0.3) is 0 Å². The Kier molecular flexibility index (Phi) is 9.06. The van der Waals surface area contributed by atoms with Gasteiger partial charge in [0.2, 0.25) is 0 Å². The van der Waals surface area contributed by atoms with Crippen LogP contribution in [0.2, 0.25) is 0 Å². The number of rotatable bonds is 8. The number of fused-ring (bicyclic) bond motifs is 4. The van der Waals surface area contributed by atoms with Gasteiger partial charge in [0.05, 0.1) is 49.1 Å². The molecule has 5 fully saturated rings. The fraction of sp³-hybridized carbons (Fsp3) is 0.875. The third-order valence-corrected chi connectivity index (χ3v) is 11.4. The van der Waals surface area contributed by atoms with Crippen molar-refractivity contribution in [1.29, 1.82) is 0 Å². The highest BCUT2D eigenvalue weighted by molar-refractivity contribution is 6.20. The van der Waals surface area contributed by atoms with Crippen LogP contribution in [0.1, 0.15) is 65.7 Å². The van der Waals surface area contributed by atoms with Crippen LogP contribution in [-0.2, 0) is 19.1 Å². The van der Waals surface area contributed by atoms with Crippen LogP contribution in [0, 0.1) is 17.8 Å². The molecule has 3 aliphatic heterocycles. The summed E-state index contributed by atoms with van der Waals surface area (Å²) in [6.07, 6.45) is 7.59. The van der Waals surface area contributed by atoms with Gasteiger partial charge in [0.15, 0.2) is 5.78 Å². The number of carbonyl (C=O) groups excluding carboxylic acids is 2. The Balaban J connectivity index is 1.36. The number of Topliss-reactive ketones (excluding diaryl/α,β-unsaturated/α-hetero) is 1. The Morgan fingerprint density at radius 3 is 2.49 bits per heavy atom. The fourth-order valence-corrected chi connectivity index (χ4v) is 9.24. The van der Waals surface area contributed by atoms with Gasteiger partial charge in [0.25, 0.3) is 5.91 Å². The fourth-order valence-electron chi connectivity index (χ4n) is 9.24. The molecule has 0 N–H and O–H groups in total. The summed E-state index contributed by atoms with van der Waals surface area (Å²) in [4.78, 5) is 36.7. The molecule has 9 unspecified atom stereocenters. The maximum atomic E-state index is 16.4. The molecule has 0 aromatic rings. The zero-order valence-corrected chi connectivity index (χ0v) is 25.4. The minimum atomic E-state index is -1.18. The number of likely N-dealkylation sites (N-methyl/N-ethyl adjacent to an activating group) is 2. The number of morpholine rings is 2. The number of hydrogen-bond acceptors (Lipinski definition) is 7. The van der Waals surface area contributed by atoms with Crippen LogP contribution in [0.4, 0.5) is 4.39 Å². The SMILES string of the molecule is CCN(CC)CCN(CC)C1C(F)CC2C(=O)C(C(=O)N3CCOCC3)=CN3C4C(CCC5CCCCC54)OC1C23. The largest absolute Gasteiger partial charge is 0.378 e. The summed E-state index contributed by atoms with van der Waals surface area (Å²) in [5, 5.41) is 0. The molecule has 0 spiro atoms. The maximum absolute atomic E-state index is 16.4. The summed E-state index contributed by atoms with van der Waals surface area (Å²) in [6, 6.07) is -0.451. The van der Waals surface area contributed by atoms with Crippen molar-refractivity contribution >= 4 is 11.7 Å². The van der Waals surface area contributed by atoms with Gasteiger partial charge in [-0.05, 0) is 57.2 Å². The molecule has 3 saturated carbocycles. The Labute approximate surface area is 245 Å². The zero-order chi connectivity index (χ0) is 28.7. The van der Waals surface area contributed by atoms with Crippen LogP contribution in [0.5, 0.6) is 0 Å². The van der Waals surface area contributed by atoms with Crippen LogP contribution in [-0.4, -0.2) is 127 Å². The van der Waals surface area contributed by atoms with Crippen molar-refractivity contribution < 1.29 is 23.5 Å². The summed E-state index contributed by atoms with van der Waals surface area (Å²) < 4.78 is 28.9. The quantitative estimate of drug-likeness (QED) is 0.413. The van der Waals surface area contributed by atoms with Crippen molar-refractivity contribution in [1.82, 2.24) is 19.6 Å². The second-order valence-electron chi connectivity index (χ2n) is 13.2. The average Bonchev–Trinajstić information content (AvgIpc) is 3.01. The number of hydrogen-bond donors (Lipinski definition) is 0. The summed E-state index contributed by atoms with van der Waals surface area (Å²) in [6.45, 7) is 12.8. The van der Waals surface area contributed by atoms with Crippen LogP contribution in [0.15, 0.2) is 11.8 Å². The predicted octanol–water partition coefficient (Wildman–Crippen LogP) is 3.11. The molecule has 9 atom stereocenters. The van der Waals surface area contributed by atoms with E-state index in [0.29, 0.717) is 38.1 Å². The Morgan fingerprint density at radius 1 is 1.00 bits per heavy atom. The number of ether oxygens (including phenoxy) is 2. The van der Waals surface area contributed by atoms with E-state index in [1.807, 2.05) is 6.20 Å². The molecular weight excluding hydrogens is 523 g/mol. The number of carbonyl (C=O) groups is 2. The number of halogens is 1. The van der Waals surface area contributed by atoms with Gasteiger partial charge >= 0.3 is 0 Å². The van der Waals surface area contributed by atoms with Crippen LogP contribution >= 0.6 is 0 Å². The molecule has 0 aromatic heterocycles. The van der Waals surface area contributed by atoms with E-state index in [0.717, 1.165) is 45.6 Å². The minimum absolute atomic E-state index is 0.00901. The van der Waals surface area contributed by atoms with Gasteiger partial charge < -0.3 is 24.2 Å². The van der Waals surface area contributed by atoms with Gasteiger partial charge in [-0.1, -0.05) is 40.0 Å². The van der Waals surface area contributed by atoms with E-state index < -0.39 is 12.1 Å². The lowest BCUT2D eigenvalue weighted by atomic mass is 9.63. The monoisotopic (exact) mass is 574 g/mol. The maximum Gasteiger partial charge on any atom is 0.259 e. The topological polar surface area (TPSA) is 65.6 Å². The third-order valence-electron chi connectivity index (χ3n) is 11.4.